The summed E-state index contributed by atoms with van der Waals surface area (Å²) in [5.74, 6) is -0.334. The summed E-state index contributed by atoms with van der Waals surface area (Å²) in [6, 6.07) is 6.39. The third-order valence-corrected chi connectivity index (χ3v) is 4.87. The molecule has 128 valence electrons. The highest BCUT2D eigenvalue weighted by Gasteiger charge is 2.46. The second-order valence-corrected chi connectivity index (χ2v) is 6.43. The van der Waals surface area contributed by atoms with Crippen molar-refractivity contribution in [3.63, 3.8) is 0 Å². The summed E-state index contributed by atoms with van der Waals surface area (Å²) in [4.78, 5) is 38.5. The van der Waals surface area contributed by atoms with Gasteiger partial charge in [0.05, 0.1) is 0 Å². The topological polar surface area (TPSA) is 78.5 Å². The third kappa shape index (κ3) is 3.00. The number of amides is 3. The Morgan fingerprint density at radius 1 is 1.25 bits per heavy atom. The molecule has 6 nitrogen and oxygen atoms in total. The highest BCUT2D eigenvalue weighted by Crippen LogP contribution is 2.23. The fourth-order valence-corrected chi connectivity index (χ4v) is 3.40. The average molecular weight is 329 g/mol. The Kier molecular flexibility index (Phi) is 4.55. The Labute approximate surface area is 141 Å². The molecule has 24 heavy (non-hydrogen) atoms. The van der Waals surface area contributed by atoms with Gasteiger partial charge in [0.25, 0.3) is 5.91 Å². The zero-order valence-corrected chi connectivity index (χ0v) is 14.0. The fraction of sp³-hybridized carbons (Fsp3) is 0.500. The molecule has 1 aromatic rings. The van der Waals surface area contributed by atoms with E-state index in [2.05, 4.69) is 17.6 Å². The second-order valence-electron chi connectivity index (χ2n) is 6.43. The van der Waals surface area contributed by atoms with Crippen LogP contribution in [0.2, 0.25) is 0 Å². The first-order valence-corrected chi connectivity index (χ1v) is 8.54. The molecule has 2 heterocycles. The molecule has 0 saturated carbocycles. The van der Waals surface area contributed by atoms with Gasteiger partial charge >= 0.3 is 0 Å². The predicted molar refractivity (Wildman–Crippen MR) is 89.4 cm³/mol. The summed E-state index contributed by atoms with van der Waals surface area (Å²) in [6.45, 7) is 4.33. The molecule has 0 bridgehead atoms. The van der Waals surface area contributed by atoms with E-state index in [1.54, 1.807) is 17.0 Å². The maximum atomic E-state index is 12.4. The van der Waals surface area contributed by atoms with Crippen LogP contribution in [-0.4, -0.2) is 47.3 Å². The summed E-state index contributed by atoms with van der Waals surface area (Å²) < 4.78 is 0. The first-order valence-electron chi connectivity index (χ1n) is 8.54. The standard InChI is InChI=1S/C18H23N3O3/c1-3-11-5-7-12(8-6-11)16(22)19-13-9-15-17(23)20-14(4-2)18(24)21(15)10-13/h5-8,13-15H,3-4,9-10H2,1-2H3,(H,19,22)(H,20,23)/t13-,14-,15-/m0/s1. The molecule has 3 amide bonds. The summed E-state index contributed by atoms with van der Waals surface area (Å²) in [5.41, 5.74) is 1.77. The molecule has 0 unspecified atom stereocenters. The minimum atomic E-state index is -0.465. The molecule has 0 radical (unpaired) electrons. The largest absolute Gasteiger partial charge is 0.347 e. The number of fused-ring (bicyclic) bond motifs is 1. The molecule has 0 aromatic heterocycles. The van der Waals surface area contributed by atoms with E-state index >= 15 is 0 Å². The van der Waals surface area contributed by atoms with Gasteiger partial charge in [-0.3, -0.25) is 14.4 Å². The number of benzene rings is 1. The van der Waals surface area contributed by atoms with Gasteiger partial charge in [0.1, 0.15) is 12.1 Å². The highest BCUT2D eigenvalue weighted by molar-refractivity contribution is 5.98. The first kappa shape index (κ1) is 16.5. The van der Waals surface area contributed by atoms with Gasteiger partial charge in [-0.25, -0.2) is 0 Å². The molecular weight excluding hydrogens is 306 g/mol. The summed E-state index contributed by atoms with van der Waals surface area (Å²) in [5, 5.41) is 5.71. The zero-order chi connectivity index (χ0) is 17.3. The van der Waals surface area contributed by atoms with Crippen LogP contribution in [0.4, 0.5) is 0 Å². The number of rotatable bonds is 4. The molecule has 2 saturated heterocycles. The third-order valence-electron chi connectivity index (χ3n) is 4.87. The van der Waals surface area contributed by atoms with Crippen molar-refractivity contribution in [2.45, 2.75) is 51.2 Å². The van der Waals surface area contributed by atoms with Crippen LogP contribution < -0.4 is 10.6 Å². The van der Waals surface area contributed by atoms with Crippen LogP contribution in [-0.2, 0) is 16.0 Å². The quantitative estimate of drug-likeness (QED) is 0.860. The van der Waals surface area contributed by atoms with Crippen LogP contribution in [0.15, 0.2) is 24.3 Å². The van der Waals surface area contributed by atoms with E-state index in [4.69, 9.17) is 0 Å². The van der Waals surface area contributed by atoms with E-state index < -0.39 is 12.1 Å². The van der Waals surface area contributed by atoms with E-state index in [1.807, 2.05) is 19.1 Å². The van der Waals surface area contributed by atoms with Gasteiger partial charge in [0, 0.05) is 18.2 Å². The molecule has 0 spiro atoms. The number of hydrogen-bond acceptors (Lipinski definition) is 3. The lowest BCUT2D eigenvalue weighted by Gasteiger charge is -2.33. The van der Waals surface area contributed by atoms with Gasteiger partial charge in [-0.2, -0.15) is 0 Å². The Balaban J connectivity index is 1.66. The summed E-state index contributed by atoms with van der Waals surface area (Å²) >= 11 is 0. The van der Waals surface area contributed by atoms with Gasteiger partial charge in [-0.05, 0) is 37.0 Å². The van der Waals surface area contributed by atoms with E-state index in [0.717, 1.165) is 6.42 Å². The van der Waals surface area contributed by atoms with Crippen molar-refractivity contribution in [1.29, 1.82) is 0 Å². The number of nitrogens with one attached hydrogen (secondary N) is 2. The van der Waals surface area contributed by atoms with Gasteiger partial charge in [0.15, 0.2) is 0 Å². The maximum absolute atomic E-state index is 12.4. The number of carbonyl (C=O) groups is 3. The van der Waals surface area contributed by atoms with Crippen molar-refractivity contribution in [3.8, 4) is 0 Å². The van der Waals surface area contributed by atoms with Crippen molar-refractivity contribution in [2.24, 2.45) is 0 Å². The monoisotopic (exact) mass is 329 g/mol. The fourth-order valence-electron chi connectivity index (χ4n) is 3.40. The van der Waals surface area contributed by atoms with Crippen LogP contribution >= 0.6 is 0 Å². The molecule has 3 rings (SSSR count). The second kappa shape index (κ2) is 6.63. The van der Waals surface area contributed by atoms with Crippen LogP contribution in [0.25, 0.3) is 0 Å². The van der Waals surface area contributed by atoms with Crippen molar-refractivity contribution < 1.29 is 14.4 Å². The van der Waals surface area contributed by atoms with Gasteiger partial charge in [-0.1, -0.05) is 26.0 Å². The summed E-state index contributed by atoms with van der Waals surface area (Å²) in [7, 11) is 0. The van der Waals surface area contributed by atoms with Crippen molar-refractivity contribution >= 4 is 17.7 Å². The van der Waals surface area contributed by atoms with Crippen LogP contribution in [0.3, 0.4) is 0 Å². The number of hydrogen-bond donors (Lipinski definition) is 2. The minimum Gasteiger partial charge on any atom is -0.347 e. The molecule has 0 aliphatic carbocycles. The lowest BCUT2D eigenvalue weighted by atomic mass is 10.1. The highest BCUT2D eigenvalue weighted by atomic mass is 16.2. The molecular formula is C18H23N3O3. The van der Waals surface area contributed by atoms with E-state index in [1.165, 1.54) is 5.56 Å². The molecule has 2 aliphatic heterocycles. The van der Waals surface area contributed by atoms with E-state index in [0.29, 0.717) is 24.9 Å². The average Bonchev–Trinajstić information content (AvgIpc) is 3.02. The van der Waals surface area contributed by atoms with Crippen LogP contribution in [0.5, 0.6) is 0 Å². The number of piperazine rings is 1. The van der Waals surface area contributed by atoms with E-state index in [-0.39, 0.29) is 23.8 Å². The van der Waals surface area contributed by atoms with Gasteiger partial charge < -0.3 is 15.5 Å². The molecule has 2 N–H and O–H groups in total. The normalized spacial score (nSPS) is 26.1. The SMILES string of the molecule is CCc1ccc(C(=O)N[C@H]2C[C@H]3C(=O)N[C@@H](CC)C(=O)N3C2)cc1. The maximum Gasteiger partial charge on any atom is 0.251 e. The Morgan fingerprint density at radius 2 is 1.96 bits per heavy atom. The zero-order valence-electron chi connectivity index (χ0n) is 14.0. The smallest absolute Gasteiger partial charge is 0.251 e. The number of nitrogens with zero attached hydrogens (tertiary/aromatic N) is 1. The molecule has 2 fully saturated rings. The van der Waals surface area contributed by atoms with Crippen molar-refractivity contribution in [1.82, 2.24) is 15.5 Å². The Hall–Kier alpha value is -2.37. The minimum absolute atomic E-state index is 0.0499. The first-order chi connectivity index (χ1) is 11.5. The van der Waals surface area contributed by atoms with Gasteiger partial charge in [-0.15, -0.1) is 0 Å². The van der Waals surface area contributed by atoms with Crippen LogP contribution in [0, 0.1) is 0 Å². The van der Waals surface area contributed by atoms with E-state index in [9.17, 15) is 14.4 Å². The van der Waals surface area contributed by atoms with Crippen LogP contribution in [0.1, 0.15) is 42.6 Å². The van der Waals surface area contributed by atoms with Crippen molar-refractivity contribution in [3.05, 3.63) is 35.4 Å². The predicted octanol–water partition coefficient (Wildman–Crippen LogP) is 0.857. The Morgan fingerprint density at radius 3 is 2.58 bits per heavy atom. The molecule has 1 aromatic carbocycles. The Bertz CT molecular complexity index is 656. The lowest BCUT2D eigenvalue weighted by Crippen LogP contribution is -2.60. The molecule has 3 atom stereocenters. The number of aryl methyl sites for hydroxylation is 1. The molecule has 6 heteroatoms. The van der Waals surface area contributed by atoms with Gasteiger partial charge in [0.2, 0.25) is 11.8 Å². The number of carbonyl (C=O) groups excluding carboxylic acids is 3. The van der Waals surface area contributed by atoms with Crippen molar-refractivity contribution in [2.75, 3.05) is 6.54 Å². The lowest BCUT2D eigenvalue weighted by molar-refractivity contribution is -0.147. The summed E-state index contributed by atoms with van der Waals surface area (Å²) in [6.07, 6.45) is 1.97. The molecule has 2 aliphatic rings.